The van der Waals surface area contributed by atoms with Crippen LogP contribution in [0.15, 0.2) is 83.4 Å². The highest BCUT2D eigenvalue weighted by Crippen LogP contribution is 2.29. The second-order valence-electron chi connectivity index (χ2n) is 8.82. The number of nitrogens with zero attached hydrogens (tertiary/aromatic N) is 3. The largest absolute Gasteiger partial charge is 0.336 e. The van der Waals surface area contributed by atoms with Crippen molar-refractivity contribution in [3.05, 3.63) is 89.7 Å². The summed E-state index contributed by atoms with van der Waals surface area (Å²) in [5.74, 6) is 0.114. The number of amides is 1. The van der Waals surface area contributed by atoms with Gasteiger partial charge in [0.2, 0.25) is 0 Å². The number of para-hydroxylation sites is 1. The molecule has 0 atom stereocenters. The normalized spacial score (nSPS) is 15.2. The van der Waals surface area contributed by atoms with E-state index in [0.717, 1.165) is 71.8 Å². The van der Waals surface area contributed by atoms with Crippen LogP contribution < -0.4 is 4.72 Å². The minimum absolute atomic E-state index is 0.114. The fraction of sp³-hybridized carbons (Fsp3) is 0.310. The predicted molar refractivity (Wildman–Crippen MR) is 148 cm³/mol. The third kappa shape index (κ3) is 6.32. The summed E-state index contributed by atoms with van der Waals surface area (Å²) < 4.78 is 3.45. The number of anilines is 1. The van der Waals surface area contributed by atoms with Crippen molar-refractivity contribution in [2.24, 2.45) is 0 Å². The van der Waals surface area contributed by atoms with Gasteiger partial charge in [-0.2, -0.15) is 0 Å². The van der Waals surface area contributed by atoms with Crippen LogP contribution in [0.4, 0.5) is 5.69 Å². The number of nitrogens with one attached hydrogen (secondary N) is 1. The molecule has 182 valence electrons. The third-order valence-corrected chi connectivity index (χ3v) is 7.12. The molecule has 1 fully saturated rings. The van der Waals surface area contributed by atoms with E-state index in [1.807, 2.05) is 48.4 Å². The summed E-state index contributed by atoms with van der Waals surface area (Å²) in [5.41, 5.74) is 5.14. The Morgan fingerprint density at radius 2 is 1.91 bits per heavy atom. The zero-order valence-corrected chi connectivity index (χ0v) is 21.6. The lowest BCUT2D eigenvalue weighted by Crippen LogP contribution is -2.49. The minimum atomic E-state index is 0.114. The second-order valence-corrected chi connectivity index (χ2v) is 9.67. The molecule has 4 rings (SSSR count). The smallest absolute Gasteiger partial charge is 0.253 e. The number of rotatable bonds is 8. The van der Waals surface area contributed by atoms with E-state index < -0.39 is 0 Å². The molecule has 2 aromatic carbocycles. The lowest BCUT2D eigenvalue weighted by atomic mass is 10.1. The summed E-state index contributed by atoms with van der Waals surface area (Å²) in [6, 6.07) is 16.1. The molecule has 0 spiro atoms. The number of aromatic nitrogens is 1. The van der Waals surface area contributed by atoms with Gasteiger partial charge in [-0.3, -0.25) is 14.7 Å². The molecule has 0 aliphatic carbocycles. The van der Waals surface area contributed by atoms with Crippen molar-refractivity contribution in [1.82, 2.24) is 14.8 Å². The van der Waals surface area contributed by atoms with Crippen LogP contribution in [0.3, 0.4) is 0 Å². The van der Waals surface area contributed by atoms with Gasteiger partial charge in [-0.15, -0.1) is 0 Å². The fourth-order valence-electron chi connectivity index (χ4n) is 4.39. The van der Waals surface area contributed by atoms with Crippen LogP contribution in [0.5, 0.6) is 0 Å². The molecule has 1 aliphatic rings. The predicted octanol–water partition coefficient (Wildman–Crippen LogP) is 6.33. The van der Waals surface area contributed by atoms with Crippen molar-refractivity contribution in [3.63, 3.8) is 0 Å². The number of carbonyl (C=O) groups is 1. The van der Waals surface area contributed by atoms with Crippen LogP contribution in [0.25, 0.3) is 10.9 Å². The molecule has 5 nitrogen and oxygen atoms in total. The van der Waals surface area contributed by atoms with E-state index in [1.54, 1.807) is 11.9 Å². The van der Waals surface area contributed by atoms with E-state index in [-0.39, 0.29) is 5.91 Å². The van der Waals surface area contributed by atoms with Gasteiger partial charge in [0, 0.05) is 55.6 Å². The highest BCUT2D eigenvalue weighted by Gasteiger charge is 2.22. The Hall–Kier alpha value is -3.09. The zero-order valence-electron chi connectivity index (χ0n) is 20.8. The Labute approximate surface area is 213 Å². The molecule has 0 bridgehead atoms. The van der Waals surface area contributed by atoms with Gasteiger partial charge < -0.3 is 9.62 Å². The standard InChI is InChI=1S/C29H34N4OS/c1-4-8-23(9-5-2)21-32-16-18-33(19-17-32)29(34)25-13-14-26(22(3)20-25)31-35-27-12-6-10-24-11-7-15-30-28(24)27/h4,6-15,20,31H,5,16-19,21H2,1-3H3/b8-4-,23-9+. The molecule has 0 radical (unpaired) electrons. The average Bonchev–Trinajstić information content (AvgIpc) is 2.88. The van der Waals surface area contributed by atoms with Crippen LogP contribution in [0.2, 0.25) is 0 Å². The van der Waals surface area contributed by atoms with Crippen molar-refractivity contribution in [1.29, 1.82) is 0 Å². The Bertz CT molecular complexity index is 1220. The van der Waals surface area contributed by atoms with Gasteiger partial charge in [-0.05, 0) is 73.7 Å². The first-order chi connectivity index (χ1) is 17.1. The molecule has 0 unspecified atom stereocenters. The quantitative estimate of drug-likeness (QED) is 0.298. The summed E-state index contributed by atoms with van der Waals surface area (Å²) in [4.78, 5) is 23.2. The highest BCUT2D eigenvalue weighted by molar-refractivity contribution is 8.00. The molecule has 3 aromatic rings. The maximum atomic E-state index is 13.2. The van der Waals surface area contributed by atoms with Crippen molar-refractivity contribution < 1.29 is 4.79 Å². The molecule has 35 heavy (non-hydrogen) atoms. The number of allylic oxidation sites excluding steroid dienone is 2. The molecule has 0 saturated carbocycles. The molecule has 6 heteroatoms. The number of aryl methyl sites for hydroxylation is 1. The summed E-state index contributed by atoms with van der Waals surface area (Å²) in [6.45, 7) is 10.5. The fourth-order valence-corrected chi connectivity index (χ4v) is 5.25. The molecular weight excluding hydrogens is 452 g/mol. The summed E-state index contributed by atoms with van der Waals surface area (Å²) in [7, 11) is 0. The van der Waals surface area contributed by atoms with Crippen LogP contribution in [-0.4, -0.2) is 53.4 Å². The number of hydrogen-bond acceptors (Lipinski definition) is 5. The van der Waals surface area contributed by atoms with Crippen LogP contribution in [-0.2, 0) is 0 Å². The second kappa shape index (κ2) is 12.0. The van der Waals surface area contributed by atoms with Gasteiger partial charge in [0.05, 0.1) is 10.4 Å². The first kappa shape index (κ1) is 25.0. The van der Waals surface area contributed by atoms with Crippen LogP contribution in [0, 0.1) is 6.92 Å². The SMILES string of the molecule is C/C=C\C(=C/CC)CN1CCN(C(=O)c2ccc(NSc3cccc4cccnc34)c(C)c2)CC1. The third-order valence-electron chi connectivity index (χ3n) is 6.25. The first-order valence-electron chi connectivity index (χ1n) is 12.3. The number of pyridine rings is 1. The van der Waals surface area contributed by atoms with Gasteiger partial charge in [0.1, 0.15) is 0 Å². The number of benzene rings is 2. The number of piperazine rings is 1. The molecule has 1 amide bonds. The average molecular weight is 487 g/mol. The van der Waals surface area contributed by atoms with Gasteiger partial charge >= 0.3 is 0 Å². The van der Waals surface area contributed by atoms with Gasteiger partial charge in [-0.1, -0.05) is 43.4 Å². The minimum Gasteiger partial charge on any atom is -0.336 e. The lowest BCUT2D eigenvalue weighted by molar-refractivity contribution is 0.0648. The first-order valence-corrected chi connectivity index (χ1v) is 13.1. The monoisotopic (exact) mass is 486 g/mol. The van der Waals surface area contributed by atoms with Crippen LogP contribution in [0.1, 0.15) is 36.2 Å². The Morgan fingerprint density at radius 3 is 2.66 bits per heavy atom. The topological polar surface area (TPSA) is 48.5 Å². The molecule has 1 aromatic heterocycles. The van der Waals surface area contributed by atoms with E-state index in [9.17, 15) is 4.79 Å². The maximum absolute atomic E-state index is 13.2. The Balaban J connectivity index is 1.35. The van der Waals surface area contributed by atoms with Gasteiger partial charge in [-0.25, -0.2) is 0 Å². The van der Waals surface area contributed by atoms with Crippen molar-refractivity contribution in [2.45, 2.75) is 32.1 Å². The van der Waals surface area contributed by atoms with E-state index >= 15 is 0 Å². The number of hydrogen-bond donors (Lipinski definition) is 1. The molecular formula is C29H34N4OS. The van der Waals surface area contributed by atoms with Crippen molar-refractivity contribution in [3.8, 4) is 0 Å². The van der Waals surface area contributed by atoms with E-state index in [0.29, 0.717) is 0 Å². The molecule has 1 N–H and O–H groups in total. The zero-order chi connectivity index (χ0) is 24.6. The maximum Gasteiger partial charge on any atom is 0.253 e. The number of carbonyl (C=O) groups excluding carboxylic acids is 1. The van der Waals surface area contributed by atoms with Gasteiger partial charge in [0.25, 0.3) is 5.91 Å². The summed E-state index contributed by atoms with van der Waals surface area (Å²) in [5, 5.41) is 1.12. The van der Waals surface area contributed by atoms with Crippen molar-refractivity contribution >= 4 is 34.4 Å². The van der Waals surface area contributed by atoms with Crippen LogP contribution >= 0.6 is 11.9 Å². The molecule has 1 saturated heterocycles. The molecule has 2 heterocycles. The van der Waals surface area contributed by atoms with E-state index in [4.69, 9.17) is 0 Å². The summed E-state index contributed by atoms with van der Waals surface area (Å²) >= 11 is 1.55. The highest BCUT2D eigenvalue weighted by atomic mass is 32.2. The summed E-state index contributed by atoms with van der Waals surface area (Å²) in [6.07, 6.45) is 9.43. The Kier molecular flexibility index (Phi) is 8.61. The van der Waals surface area contributed by atoms with E-state index in [2.05, 4.69) is 64.9 Å². The van der Waals surface area contributed by atoms with Gasteiger partial charge in [0.15, 0.2) is 0 Å². The number of fused-ring (bicyclic) bond motifs is 1. The van der Waals surface area contributed by atoms with E-state index in [1.165, 1.54) is 5.57 Å². The lowest BCUT2D eigenvalue weighted by Gasteiger charge is -2.35. The van der Waals surface area contributed by atoms with Crippen molar-refractivity contribution in [2.75, 3.05) is 37.4 Å². The Morgan fingerprint density at radius 1 is 1.11 bits per heavy atom. The molecule has 1 aliphatic heterocycles.